The lowest BCUT2D eigenvalue weighted by Crippen LogP contribution is -2.30. The Morgan fingerprint density at radius 2 is 2.14 bits per heavy atom. The van der Waals surface area contributed by atoms with Crippen molar-refractivity contribution >= 4 is 28.9 Å². The maximum atomic E-state index is 12.5. The Balaban J connectivity index is 1.83. The lowest BCUT2D eigenvalue weighted by molar-refractivity contribution is -0.384. The van der Waals surface area contributed by atoms with Gasteiger partial charge in [-0.3, -0.25) is 10.1 Å². The van der Waals surface area contributed by atoms with E-state index in [0.29, 0.717) is 21.8 Å². The molecule has 2 aromatic carbocycles. The van der Waals surface area contributed by atoms with Gasteiger partial charge in [0.1, 0.15) is 0 Å². The van der Waals surface area contributed by atoms with Gasteiger partial charge >= 0.3 is 5.97 Å². The van der Waals surface area contributed by atoms with E-state index in [1.54, 1.807) is 19.1 Å². The summed E-state index contributed by atoms with van der Waals surface area (Å²) in [5.74, 6) is -0.133. The molecule has 1 N–H and O–H groups in total. The van der Waals surface area contributed by atoms with Crippen LogP contribution in [0, 0.1) is 16.0 Å². The van der Waals surface area contributed by atoms with Crippen molar-refractivity contribution in [2.75, 3.05) is 11.9 Å². The minimum Gasteiger partial charge on any atom is -0.462 e. The molecular weight excluding hydrogens is 380 g/mol. The molecule has 0 bridgehead atoms. The van der Waals surface area contributed by atoms with E-state index in [1.165, 1.54) is 12.1 Å². The number of hydrogen-bond donors (Lipinski definition) is 1. The molecule has 1 aliphatic carbocycles. The molecule has 2 aromatic rings. The third kappa shape index (κ3) is 3.03. The number of carbonyl (C=O) groups is 1. The van der Waals surface area contributed by atoms with Crippen molar-refractivity contribution in [1.82, 2.24) is 0 Å². The number of para-hydroxylation sites is 1. The number of hydrogen-bond acceptors (Lipinski definition) is 5. The molecule has 0 saturated carbocycles. The molecule has 0 saturated heterocycles. The molecule has 1 heterocycles. The number of nitrogens with one attached hydrogen (secondary N) is 1. The molecule has 0 fully saturated rings. The van der Waals surface area contributed by atoms with Crippen LogP contribution in [0.2, 0.25) is 5.02 Å². The first-order chi connectivity index (χ1) is 13.5. The maximum absolute atomic E-state index is 12.5. The van der Waals surface area contributed by atoms with E-state index < -0.39 is 10.9 Å². The predicted molar refractivity (Wildman–Crippen MR) is 107 cm³/mol. The number of fused-ring (bicyclic) bond motifs is 3. The average Bonchev–Trinajstić information content (AvgIpc) is 3.17. The third-order valence-corrected chi connectivity index (χ3v) is 5.76. The first kappa shape index (κ1) is 18.5. The Kier molecular flexibility index (Phi) is 4.81. The smallest absolute Gasteiger partial charge is 0.340 e. The van der Waals surface area contributed by atoms with E-state index in [-0.39, 0.29) is 30.2 Å². The number of non-ortho nitro benzene ring substituents is 1. The molecule has 0 amide bonds. The van der Waals surface area contributed by atoms with Crippen molar-refractivity contribution in [2.45, 2.75) is 25.3 Å². The van der Waals surface area contributed by atoms with Crippen LogP contribution in [0.4, 0.5) is 11.4 Å². The monoisotopic (exact) mass is 398 g/mol. The summed E-state index contributed by atoms with van der Waals surface area (Å²) in [7, 11) is 0. The first-order valence-electron chi connectivity index (χ1n) is 9.18. The molecule has 0 spiro atoms. The van der Waals surface area contributed by atoms with Crippen molar-refractivity contribution in [2.24, 2.45) is 5.92 Å². The largest absolute Gasteiger partial charge is 0.462 e. The molecule has 2 aliphatic rings. The van der Waals surface area contributed by atoms with E-state index in [2.05, 4.69) is 17.5 Å². The Morgan fingerprint density at radius 3 is 2.89 bits per heavy atom. The van der Waals surface area contributed by atoms with Crippen LogP contribution in [0.3, 0.4) is 0 Å². The maximum Gasteiger partial charge on any atom is 0.340 e. The second-order valence-electron chi connectivity index (χ2n) is 6.93. The van der Waals surface area contributed by atoms with Crippen LogP contribution in [-0.2, 0) is 4.74 Å². The highest BCUT2D eigenvalue weighted by atomic mass is 35.5. The van der Waals surface area contributed by atoms with Gasteiger partial charge in [-0.05, 0) is 37.0 Å². The van der Waals surface area contributed by atoms with Gasteiger partial charge in [0.2, 0.25) is 0 Å². The Morgan fingerprint density at radius 1 is 1.32 bits per heavy atom. The Labute approximate surface area is 167 Å². The number of carbonyl (C=O) groups excluding carboxylic acids is 1. The second-order valence-corrected chi connectivity index (χ2v) is 7.34. The zero-order valence-corrected chi connectivity index (χ0v) is 16.0. The molecule has 0 unspecified atom stereocenters. The second kappa shape index (κ2) is 7.28. The number of nitro benzene ring substituents is 1. The van der Waals surface area contributed by atoms with Gasteiger partial charge in [0, 0.05) is 28.6 Å². The normalized spacial score (nSPS) is 22.1. The summed E-state index contributed by atoms with van der Waals surface area (Å²) in [5, 5.41) is 15.2. The number of benzene rings is 2. The number of ether oxygens (including phenoxy) is 1. The molecule has 7 heteroatoms. The van der Waals surface area contributed by atoms with Crippen LogP contribution in [0.25, 0.3) is 0 Å². The number of nitrogens with zero attached hydrogens (tertiary/aromatic N) is 1. The number of esters is 1. The summed E-state index contributed by atoms with van der Waals surface area (Å²) in [4.78, 5) is 23.3. The van der Waals surface area contributed by atoms with Gasteiger partial charge in [-0.1, -0.05) is 35.9 Å². The van der Waals surface area contributed by atoms with E-state index in [1.807, 2.05) is 12.1 Å². The molecule has 144 valence electrons. The highest BCUT2D eigenvalue weighted by Gasteiger charge is 2.40. The van der Waals surface area contributed by atoms with Gasteiger partial charge in [-0.15, -0.1) is 0 Å². The zero-order valence-electron chi connectivity index (χ0n) is 15.2. The molecule has 1 aliphatic heterocycles. The van der Waals surface area contributed by atoms with Gasteiger partial charge in [0.15, 0.2) is 0 Å². The topological polar surface area (TPSA) is 81.5 Å². The summed E-state index contributed by atoms with van der Waals surface area (Å²) in [6.07, 6.45) is 5.07. The van der Waals surface area contributed by atoms with Crippen LogP contribution in [0.15, 0.2) is 48.6 Å². The minimum atomic E-state index is -0.426. The fourth-order valence-electron chi connectivity index (χ4n) is 4.19. The van der Waals surface area contributed by atoms with Gasteiger partial charge in [-0.25, -0.2) is 4.79 Å². The van der Waals surface area contributed by atoms with Crippen molar-refractivity contribution in [3.05, 3.63) is 80.4 Å². The summed E-state index contributed by atoms with van der Waals surface area (Å²) >= 11 is 6.43. The summed E-state index contributed by atoms with van der Waals surface area (Å²) < 4.78 is 5.21. The lowest BCUT2D eigenvalue weighted by atomic mass is 9.76. The molecule has 0 radical (unpaired) electrons. The van der Waals surface area contributed by atoms with Gasteiger partial charge < -0.3 is 10.1 Å². The summed E-state index contributed by atoms with van der Waals surface area (Å²) in [5.41, 5.74) is 2.86. The van der Waals surface area contributed by atoms with Crippen LogP contribution >= 0.6 is 11.6 Å². The SMILES string of the molecule is CCOC(=O)c1cccc2c1N[C@H](c1cc([N+](=O)[O-])ccc1Cl)[C@H]1CC=C[C@@H]21. The molecule has 0 aromatic heterocycles. The van der Waals surface area contributed by atoms with E-state index in [0.717, 1.165) is 12.0 Å². The average molecular weight is 399 g/mol. The number of anilines is 1. The Bertz CT molecular complexity index is 988. The fraction of sp³-hybridized carbons (Fsp3) is 0.286. The number of halogens is 1. The van der Waals surface area contributed by atoms with Crippen LogP contribution in [-0.4, -0.2) is 17.5 Å². The number of nitro groups is 1. The molecule has 6 nitrogen and oxygen atoms in total. The van der Waals surface area contributed by atoms with Crippen LogP contribution < -0.4 is 5.32 Å². The predicted octanol–water partition coefficient (Wildman–Crippen LogP) is 5.25. The van der Waals surface area contributed by atoms with E-state index in [9.17, 15) is 14.9 Å². The van der Waals surface area contributed by atoms with Crippen molar-refractivity contribution in [3.63, 3.8) is 0 Å². The van der Waals surface area contributed by atoms with Crippen LogP contribution in [0.5, 0.6) is 0 Å². The molecule has 3 atom stereocenters. The summed E-state index contributed by atoms with van der Waals surface area (Å²) in [6, 6.07) is 9.82. The Hall–Kier alpha value is -2.86. The highest BCUT2D eigenvalue weighted by Crippen LogP contribution is 2.51. The molecular formula is C21H19ClN2O4. The molecule has 4 rings (SSSR count). The first-order valence-corrected chi connectivity index (χ1v) is 9.56. The quantitative estimate of drug-likeness (QED) is 0.329. The van der Waals surface area contributed by atoms with Crippen molar-refractivity contribution < 1.29 is 14.5 Å². The number of allylic oxidation sites excluding steroid dienone is 2. The van der Waals surface area contributed by atoms with Gasteiger partial charge in [0.25, 0.3) is 5.69 Å². The third-order valence-electron chi connectivity index (χ3n) is 5.42. The van der Waals surface area contributed by atoms with Gasteiger partial charge in [0.05, 0.1) is 28.8 Å². The highest BCUT2D eigenvalue weighted by molar-refractivity contribution is 6.31. The fourth-order valence-corrected chi connectivity index (χ4v) is 4.43. The minimum absolute atomic E-state index is 0.00631. The van der Waals surface area contributed by atoms with Crippen molar-refractivity contribution in [1.29, 1.82) is 0 Å². The lowest BCUT2D eigenvalue weighted by Gasteiger charge is -2.38. The zero-order chi connectivity index (χ0) is 19.8. The van der Waals surface area contributed by atoms with Crippen molar-refractivity contribution in [3.8, 4) is 0 Å². The molecule has 28 heavy (non-hydrogen) atoms. The van der Waals surface area contributed by atoms with E-state index >= 15 is 0 Å². The summed E-state index contributed by atoms with van der Waals surface area (Å²) in [6.45, 7) is 2.05. The number of rotatable bonds is 4. The van der Waals surface area contributed by atoms with Crippen LogP contribution in [0.1, 0.15) is 46.8 Å². The van der Waals surface area contributed by atoms with E-state index in [4.69, 9.17) is 16.3 Å². The van der Waals surface area contributed by atoms with Gasteiger partial charge in [-0.2, -0.15) is 0 Å². The standard InChI is InChI=1S/C21H19ClN2O4/c1-2-28-21(25)16-8-4-7-14-13-5-3-6-15(13)20(23-19(14)16)17-11-12(24(26)27)9-10-18(17)22/h3-5,7-11,13,15,20,23H,2,6H2,1H3/t13-,15-,20-/m0/s1.